The van der Waals surface area contributed by atoms with Crippen molar-refractivity contribution in [2.45, 2.75) is 6.54 Å². The number of aromatic nitrogens is 2. The maximum atomic E-state index is 11.7. The summed E-state index contributed by atoms with van der Waals surface area (Å²) in [5.41, 5.74) is 0.916. The van der Waals surface area contributed by atoms with E-state index in [0.717, 1.165) is 5.56 Å². The number of H-pyrrole nitrogens is 1. The van der Waals surface area contributed by atoms with Crippen molar-refractivity contribution < 1.29 is 4.79 Å². The summed E-state index contributed by atoms with van der Waals surface area (Å²) in [6.07, 6.45) is 3.32. The van der Waals surface area contributed by atoms with E-state index in [-0.39, 0.29) is 17.2 Å². The molecular weight excluding hydrogens is 218 g/mol. The Morgan fingerprint density at radius 1 is 1.24 bits per heavy atom. The lowest BCUT2D eigenvalue weighted by atomic mass is 10.2. The highest BCUT2D eigenvalue weighted by Crippen LogP contribution is 1.96. The molecule has 0 aromatic carbocycles. The second kappa shape index (κ2) is 5.07. The van der Waals surface area contributed by atoms with Gasteiger partial charge in [-0.1, -0.05) is 6.07 Å². The Kier molecular flexibility index (Phi) is 3.30. The van der Waals surface area contributed by atoms with Gasteiger partial charge in [-0.15, -0.1) is 0 Å². The Morgan fingerprint density at radius 2 is 2.00 bits per heavy atom. The second-order valence-corrected chi connectivity index (χ2v) is 3.47. The van der Waals surface area contributed by atoms with E-state index in [0.29, 0.717) is 6.54 Å². The molecule has 2 rings (SSSR count). The minimum Gasteiger partial charge on any atom is -0.347 e. The van der Waals surface area contributed by atoms with Crippen LogP contribution in [0.2, 0.25) is 0 Å². The lowest BCUT2D eigenvalue weighted by molar-refractivity contribution is 0.0945. The average molecular weight is 229 g/mol. The van der Waals surface area contributed by atoms with Crippen LogP contribution in [0.5, 0.6) is 0 Å². The van der Waals surface area contributed by atoms with Crippen molar-refractivity contribution in [1.29, 1.82) is 0 Å². The summed E-state index contributed by atoms with van der Waals surface area (Å²) < 4.78 is 0. The van der Waals surface area contributed by atoms with Gasteiger partial charge in [0.05, 0.1) is 0 Å². The number of nitrogens with one attached hydrogen (secondary N) is 2. The fourth-order valence-electron chi connectivity index (χ4n) is 1.36. The first-order valence-electron chi connectivity index (χ1n) is 5.12. The maximum absolute atomic E-state index is 11.7. The van der Waals surface area contributed by atoms with Crippen LogP contribution < -0.4 is 10.9 Å². The van der Waals surface area contributed by atoms with Crippen LogP contribution in [-0.4, -0.2) is 15.9 Å². The zero-order chi connectivity index (χ0) is 12.1. The molecule has 2 heterocycles. The number of carbonyl (C=O) groups excluding carboxylic acids is 1. The number of nitrogens with zero attached hydrogens (tertiary/aromatic N) is 1. The number of amides is 1. The molecule has 1 amide bonds. The summed E-state index contributed by atoms with van der Waals surface area (Å²) in [4.78, 5) is 29.0. The fourth-order valence-corrected chi connectivity index (χ4v) is 1.36. The zero-order valence-electron chi connectivity index (χ0n) is 9.01. The van der Waals surface area contributed by atoms with E-state index >= 15 is 0 Å². The van der Waals surface area contributed by atoms with Gasteiger partial charge < -0.3 is 10.3 Å². The fraction of sp³-hybridized carbons (Fsp3) is 0.0833. The van der Waals surface area contributed by atoms with Crippen molar-refractivity contribution in [2.75, 3.05) is 0 Å². The predicted octanol–water partition coefficient (Wildman–Crippen LogP) is 0.700. The first kappa shape index (κ1) is 11.1. The van der Waals surface area contributed by atoms with Crippen LogP contribution in [0.4, 0.5) is 0 Å². The SMILES string of the molecule is O=C(NCc1ccncc1)c1cccc(=O)[nH]1. The minimum atomic E-state index is -0.306. The topological polar surface area (TPSA) is 74.8 Å². The lowest BCUT2D eigenvalue weighted by Crippen LogP contribution is -2.25. The molecule has 86 valence electrons. The first-order chi connectivity index (χ1) is 8.25. The van der Waals surface area contributed by atoms with E-state index < -0.39 is 0 Å². The molecule has 0 fully saturated rings. The van der Waals surface area contributed by atoms with Gasteiger partial charge in [0.15, 0.2) is 0 Å². The average Bonchev–Trinajstić information content (AvgIpc) is 2.37. The lowest BCUT2D eigenvalue weighted by Gasteiger charge is -2.04. The third kappa shape index (κ3) is 3.01. The van der Waals surface area contributed by atoms with Crippen molar-refractivity contribution in [2.24, 2.45) is 0 Å². The first-order valence-corrected chi connectivity index (χ1v) is 5.12. The number of aromatic amines is 1. The molecule has 0 saturated carbocycles. The number of hydrogen-bond donors (Lipinski definition) is 2. The van der Waals surface area contributed by atoms with E-state index in [1.807, 2.05) is 12.1 Å². The van der Waals surface area contributed by atoms with Crippen LogP contribution in [-0.2, 0) is 6.54 Å². The van der Waals surface area contributed by atoms with Gasteiger partial charge in [0.1, 0.15) is 5.69 Å². The molecule has 0 aliphatic rings. The van der Waals surface area contributed by atoms with Crippen molar-refractivity contribution >= 4 is 5.91 Å². The van der Waals surface area contributed by atoms with Gasteiger partial charge in [-0.3, -0.25) is 14.6 Å². The normalized spacial score (nSPS) is 9.88. The van der Waals surface area contributed by atoms with Gasteiger partial charge in [0.2, 0.25) is 5.56 Å². The third-order valence-electron chi connectivity index (χ3n) is 2.22. The summed E-state index contributed by atoms with van der Waals surface area (Å²) in [7, 11) is 0. The van der Waals surface area contributed by atoms with Crippen LogP contribution in [0.1, 0.15) is 16.1 Å². The predicted molar refractivity (Wildman–Crippen MR) is 62.5 cm³/mol. The molecule has 0 atom stereocenters. The van der Waals surface area contributed by atoms with Gasteiger partial charge in [-0.2, -0.15) is 0 Å². The van der Waals surface area contributed by atoms with Crippen LogP contribution >= 0.6 is 0 Å². The van der Waals surface area contributed by atoms with E-state index in [1.54, 1.807) is 24.5 Å². The molecular formula is C12H11N3O2. The molecule has 0 aliphatic heterocycles. The smallest absolute Gasteiger partial charge is 0.268 e. The molecule has 2 N–H and O–H groups in total. The molecule has 5 nitrogen and oxygen atoms in total. The number of rotatable bonds is 3. The number of hydrogen-bond acceptors (Lipinski definition) is 3. The van der Waals surface area contributed by atoms with Gasteiger partial charge in [0, 0.05) is 25.0 Å². The van der Waals surface area contributed by atoms with Gasteiger partial charge in [-0.25, -0.2) is 0 Å². The van der Waals surface area contributed by atoms with Gasteiger partial charge >= 0.3 is 0 Å². The molecule has 0 saturated heterocycles. The monoisotopic (exact) mass is 229 g/mol. The number of pyridine rings is 2. The van der Waals surface area contributed by atoms with E-state index in [1.165, 1.54) is 6.07 Å². The maximum Gasteiger partial charge on any atom is 0.268 e. The van der Waals surface area contributed by atoms with Gasteiger partial charge in [0.25, 0.3) is 5.91 Å². The highest BCUT2D eigenvalue weighted by molar-refractivity contribution is 5.92. The standard InChI is InChI=1S/C12H11N3O2/c16-11-3-1-2-10(15-11)12(17)14-8-9-4-6-13-7-5-9/h1-7H,8H2,(H,14,17)(H,15,16). The number of carbonyl (C=O) groups is 1. The van der Waals surface area contributed by atoms with E-state index in [9.17, 15) is 9.59 Å². The molecule has 2 aromatic heterocycles. The zero-order valence-corrected chi connectivity index (χ0v) is 9.01. The van der Waals surface area contributed by atoms with Crippen molar-refractivity contribution in [1.82, 2.24) is 15.3 Å². The summed E-state index contributed by atoms with van der Waals surface area (Å²) in [5.74, 6) is -0.306. The summed E-state index contributed by atoms with van der Waals surface area (Å²) in [6, 6.07) is 8.09. The largest absolute Gasteiger partial charge is 0.347 e. The summed E-state index contributed by atoms with van der Waals surface area (Å²) in [5, 5.41) is 2.71. The Labute approximate surface area is 97.5 Å². The molecule has 17 heavy (non-hydrogen) atoms. The Hall–Kier alpha value is -2.43. The quantitative estimate of drug-likeness (QED) is 0.813. The molecule has 0 radical (unpaired) electrons. The molecule has 0 unspecified atom stereocenters. The van der Waals surface area contributed by atoms with E-state index in [2.05, 4.69) is 15.3 Å². The van der Waals surface area contributed by atoms with Gasteiger partial charge in [-0.05, 0) is 23.8 Å². The molecule has 0 bridgehead atoms. The second-order valence-electron chi connectivity index (χ2n) is 3.47. The Morgan fingerprint density at radius 3 is 2.71 bits per heavy atom. The molecule has 0 aliphatic carbocycles. The van der Waals surface area contributed by atoms with Crippen LogP contribution in [0.15, 0.2) is 47.5 Å². The Bertz CT molecular complexity index is 563. The van der Waals surface area contributed by atoms with Crippen LogP contribution in [0, 0.1) is 0 Å². The van der Waals surface area contributed by atoms with Crippen molar-refractivity contribution in [3.8, 4) is 0 Å². The van der Waals surface area contributed by atoms with Crippen LogP contribution in [0.25, 0.3) is 0 Å². The molecule has 2 aromatic rings. The van der Waals surface area contributed by atoms with Crippen molar-refractivity contribution in [3.63, 3.8) is 0 Å². The summed E-state index contributed by atoms with van der Waals surface area (Å²) >= 11 is 0. The summed E-state index contributed by atoms with van der Waals surface area (Å²) in [6.45, 7) is 0.401. The van der Waals surface area contributed by atoms with Crippen molar-refractivity contribution in [3.05, 3.63) is 64.3 Å². The van der Waals surface area contributed by atoms with Crippen LogP contribution in [0.3, 0.4) is 0 Å². The molecule has 5 heteroatoms. The minimum absolute atomic E-state index is 0.256. The third-order valence-corrected chi connectivity index (χ3v) is 2.22. The molecule has 0 spiro atoms. The van der Waals surface area contributed by atoms with E-state index in [4.69, 9.17) is 0 Å². The Balaban J connectivity index is 2.01. The highest BCUT2D eigenvalue weighted by atomic mass is 16.2. The highest BCUT2D eigenvalue weighted by Gasteiger charge is 2.05.